The Labute approximate surface area is 128 Å². The third-order valence-corrected chi connectivity index (χ3v) is 3.91. The van der Waals surface area contributed by atoms with Gasteiger partial charge in [-0.2, -0.15) is 0 Å². The molecule has 1 aromatic rings. The molecule has 2 rings (SSSR count). The largest absolute Gasteiger partial charge is 0.378 e. The van der Waals surface area contributed by atoms with Gasteiger partial charge in [-0.1, -0.05) is 29.3 Å². The van der Waals surface area contributed by atoms with Crippen molar-refractivity contribution < 1.29 is 9.53 Å². The number of amides is 1. The normalized spacial score (nSPS) is 21.4. The Morgan fingerprint density at radius 2 is 2.00 bits per heavy atom. The highest BCUT2D eigenvalue weighted by atomic mass is 35.5. The van der Waals surface area contributed by atoms with Crippen molar-refractivity contribution in [3.05, 3.63) is 28.2 Å². The van der Waals surface area contributed by atoms with Crippen molar-refractivity contribution >= 4 is 34.8 Å². The molecule has 1 aliphatic rings. The Morgan fingerprint density at radius 3 is 2.60 bits per heavy atom. The fourth-order valence-electron chi connectivity index (χ4n) is 2.14. The van der Waals surface area contributed by atoms with E-state index < -0.39 is 0 Å². The van der Waals surface area contributed by atoms with E-state index in [1.54, 1.807) is 18.2 Å². The van der Waals surface area contributed by atoms with Gasteiger partial charge in [-0.3, -0.25) is 4.79 Å². The molecule has 0 bridgehead atoms. The predicted octanol–water partition coefficient (Wildman–Crippen LogP) is 3.09. The summed E-state index contributed by atoms with van der Waals surface area (Å²) in [6, 6.07) is 5.46. The number of carbonyl (C=O) groups is 1. The third-order valence-electron chi connectivity index (χ3n) is 3.28. The smallest absolute Gasteiger partial charge is 0.238 e. The van der Waals surface area contributed by atoms with Crippen LogP contribution in [0, 0.1) is 0 Å². The molecule has 1 saturated carbocycles. The van der Waals surface area contributed by atoms with Crippen molar-refractivity contribution in [3.63, 3.8) is 0 Å². The van der Waals surface area contributed by atoms with E-state index in [1.165, 1.54) is 0 Å². The first kappa shape index (κ1) is 15.6. The molecule has 0 spiro atoms. The van der Waals surface area contributed by atoms with Crippen LogP contribution in [0.2, 0.25) is 10.0 Å². The molecule has 0 aromatic heterocycles. The van der Waals surface area contributed by atoms with E-state index in [0.717, 1.165) is 19.4 Å². The first-order valence-electron chi connectivity index (χ1n) is 6.69. The van der Waals surface area contributed by atoms with E-state index in [9.17, 15) is 4.79 Å². The summed E-state index contributed by atoms with van der Waals surface area (Å²) in [7, 11) is 0. The van der Waals surface area contributed by atoms with Crippen LogP contribution in [0.25, 0.3) is 0 Å². The molecule has 4 nitrogen and oxygen atoms in total. The van der Waals surface area contributed by atoms with Crippen molar-refractivity contribution in [2.24, 2.45) is 0 Å². The number of halogens is 2. The Balaban J connectivity index is 1.74. The van der Waals surface area contributed by atoms with E-state index in [4.69, 9.17) is 27.9 Å². The molecule has 0 saturated heterocycles. The molecule has 2 N–H and O–H groups in total. The van der Waals surface area contributed by atoms with Crippen LogP contribution in [0.4, 0.5) is 5.69 Å². The van der Waals surface area contributed by atoms with Crippen LogP contribution in [0.5, 0.6) is 0 Å². The van der Waals surface area contributed by atoms with Gasteiger partial charge in [0.25, 0.3) is 0 Å². The summed E-state index contributed by atoms with van der Waals surface area (Å²) in [4.78, 5) is 11.8. The highest BCUT2D eigenvalue weighted by Gasteiger charge is 2.29. The molecule has 6 heteroatoms. The molecular weight excluding hydrogens is 299 g/mol. The van der Waals surface area contributed by atoms with E-state index in [2.05, 4.69) is 10.6 Å². The monoisotopic (exact) mass is 316 g/mol. The van der Waals surface area contributed by atoms with Gasteiger partial charge in [0.1, 0.15) is 0 Å². The van der Waals surface area contributed by atoms with Crippen LogP contribution in [0.1, 0.15) is 19.8 Å². The van der Waals surface area contributed by atoms with Crippen LogP contribution in [0.15, 0.2) is 18.2 Å². The van der Waals surface area contributed by atoms with Gasteiger partial charge in [-0.25, -0.2) is 0 Å². The van der Waals surface area contributed by atoms with Crippen LogP contribution in [-0.2, 0) is 9.53 Å². The maximum atomic E-state index is 11.8. The number of rotatable bonds is 6. The van der Waals surface area contributed by atoms with E-state index in [0.29, 0.717) is 27.9 Å². The third kappa shape index (κ3) is 4.09. The van der Waals surface area contributed by atoms with Gasteiger partial charge < -0.3 is 15.4 Å². The first-order chi connectivity index (χ1) is 9.60. The van der Waals surface area contributed by atoms with Crippen molar-refractivity contribution in [2.75, 3.05) is 18.5 Å². The van der Waals surface area contributed by atoms with Crippen LogP contribution in [-0.4, -0.2) is 31.2 Å². The molecule has 0 aliphatic heterocycles. The van der Waals surface area contributed by atoms with Crippen molar-refractivity contribution in [1.29, 1.82) is 0 Å². The Kier molecular flexibility index (Phi) is 5.66. The number of para-hydroxylation sites is 1. The lowest BCUT2D eigenvalue weighted by molar-refractivity contribution is -0.116. The molecule has 0 unspecified atom stereocenters. The second-order valence-corrected chi connectivity index (χ2v) is 5.59. The highest BCUT2D eigenvalue weighted by Crippen LogP contribution is 2.29. The Morgan fingerprint density at radius 1 is 1.35 bits per heavy atom. The van der Waals surface area contributed by atoms with Gasteiger partial charge in [-0.05, 0) is 31.9 Å². The summed E-state index contributed by atoms with van der Waals surface area (Å²) in [5.74, 6) is -0.153. The molecule has 110 valence electrons. The zero-order valence-corrected chi connectivity index (χ0v) is 12.8. The number of hydrogen-bond acceptors (Lipinski definition) is 3. The Bertz CT molecular complexity index is 456. The number of nitrogens with one attached hydrogen (secondary N) is 2. The fraction of sp³-hybridized carbons (Fsp3) is 0.500. The van der Waals surface area contributed by atoms with Crippen LogP contribution in [0.3, 0.4) is 0 Å². The molecular formula is C14H18Cl2N2O2. The lowest BCUT2D eigenvalue weighted by Gasteiger charge is -2.35. The standard InChI is InChI=1S/C14H18Cl2N2O2/c1-2-20-10-6-9(7-10)17-8-13(19)18-14-11(15)4-3-5-12(14)16/h3-5,9-10,17H,2,6-8H2,1H3,(H,18,19). The van der Waals surface area contributed by atoms with Gasteiger partial charge in [-0.15, -0.1) is 0 Å². The fourth-order valence-corrected chi connectivity index (χ4v) is 2.63. The molecule has 0 heterocycles. The Hall–Kier alpha value is -0.810. The topological polar surface area (TPSA) is 50.4 Å². The minimum Gasteiger partial charge on any atom is -0.378 e. The lowest BCUT2D eigenvalue weighted by atomic mass is 9.89. The minimum atomic E-state index is -0.153. The maximum absolute atomic E-state index is 11.8. The molecule has 1 aromatic carbocycles. The predicted molar refractivity (Wildman–Crippen MR) is 81.5 cm³/mol. The van der Waals surface area contributed by atoms with Crippen LogP contribution < -0.4 is 10.6 Å². The van der Waals surface area contributed by atoms with Gasteiger partial charge in [0.15, 0.2) is 0 Å². The van der Waals surface area contributed by atoms with E-state index >= 15 is 0 Å². The van der Waals surface area contributed by atoms with Gasteiger partial charge in [0, 0.05) is 12.6 Å². The van der Waals surface area contributed by atoms with Crippen molar-refractivity contribution in [1.82, 2.24) is 5.32 Å². The maximum Gasteiger partial charge on any atom is 0.238 e. The lowest BCUT2D eigenvalue weighted by Crippen LogP contribution is -2.47. The van der Waals surface area contributed by atoms with Crippen LogP contribution >= 0.6 is 23.2 Å². The summed E-state index contributed by atoms with van der Waals surface area (Å²) in [5, 5.41) is 6.78. The summed E-state index contributed by atoms with van der Waals surface area (Å²) in [6.07, 6.45) is 2.24. The van der Waals surface area contributed by atoms with Crippen molar-refractivity contribution in [3.8, 4) is 0 Å². The molecule has 1 amide bonds. The summed E-state index contributed by atoms with van der Waals surface area (Å²) in [5.41, 5.74) is 0.462. The average molecular weight is 317 g/mol. The van der Waals surface area contributed by atoms with Gasteiger partial charge in [0.2, 0.25) is 5.91 Å². The second kappa shape index (κ2) is 7.27. The number of anilines is 1. The quantitative estimate of drug-likeness (QED) is 0.848. The zero-order chi connectivity index (χ0) is 14.5. The van der Waals surface area contributed by atoms with Gasteiger partial charge >= 0.3 is 0 Å². The number of carbonyl (C=O) groups excluding carboxylic acids is 1. The van der Waals surface area contributed by atoms with E-state index in [1.807, 2.05) is 6.92 Å². The summed E-state index contributed by atoms with van der Waals surface area (Å²) < 4.78 is 5.47. The molecule has 20 heavy (non-hydrogen) atoms. The molecule has 0 radical (unpaired) electrons. The van der Waals surface area contributed by atoms with Gasteiger partial charge in [0.05, 0.1) is 28.4 Å². The SMILES string of the molecule is CCOC1CC(NCC(=O)Nc2c(Cl)cccc2Cl)C1. The van der Waals surface area contributed by atoms with E-state index in [-0.39, 0.29) is 12.5 Å². The first-order valence-corrected chi connectivity index (χ1v) is 7.44. The zero-order valence-electron chi connectivity index (χ0n) is 11.3. The minimum absolute atomic E-state index is 0.153. The number of benzene rings is 1. The summed E-state index contributed by atoms with van der Waals surface area (Å²) >= 11 is 12.0. The average Bonchev–Trinajstić information content (AvgIpc) is 2.36. The van der Waals surface area contributed by atoms with Crippen molar-refractivity contribution in [2.45, 2.75) is 31.9 Å². The highest BCUT2D eigenvalue weighted by molar-refractivity contribution is 6.39. The molecule has 1 aliphatic carbocycles. The second-order valence-electron chi connectivity index (χ2n) is 4.77. The number of ether oxygens (including phenoxy) is 1. The number of hydrogen-bond donors (Lipinski definition) is 2. The molecule has 1 fully saturated rings. The molecule has 0 atom stereocenters. The summed E-state index contributed by atoms with van der Waals surface area (Å²) in [6.45, 7) is 2.97.